The predicted octanol–water partition coefficient (Wildman–Crippen LogP) is 3.03. The van der Waals surface area contributed by atoms with Crippen LogP contribution in [0.4, 0.5) is 0 Å². The number of unbranched alkanes of at least 4 members (excludes halogenated alkanes) is 3. The molecule has 0 aliphatic heterocycles. The lowest BCUT2D eigenvalue weighted by molar-refractivity contribution is 0.156. The minimum Gasteiger partial charge on any atom is -0.393 e. The molecule has 3 nitrogen and oxygen atoms in total. The lowest BCUT2D eigenvalue weighted by Crippen LogP contribution is -2.29. The summed E-state index contributed by atoms with van der Waals surface area (Å²) in [5.74, 6) is 0. The van der Waals surface area contributed by atoms with Crippen molar-refractivity contribution in [2.45, 2.75) is 77.4 Å². The average Bonchev–Trinajstić information content (AvgIpc) is 2.38. The summed E-state index contributed by atoms with van der Waals surface area (Å²) in [4.78, 5) is 2.23. The molecule has 0 rings (SSSR count). The van der Waals surface area contributed by atoms with E-state index in [-0.39, 0.29) is 6.10 Å². The molecule has 0 fully saturated rings. The second-order valence-electron chi connectivity index (χ2n) is 6.07. The van der Waals surface area contributed by atoms with Crippen LogP contribution >= 0.6 is 0 Å². The number of nitrogens with zero attached hydrogens (tertiary/aromatic N) is 1. The Balaban J connectivity index is 3.22. The number of hydrogen-bond donors (Lipinski definition) is 2. The molecule has 0 aliphatic carbocycles. The Morgan fingerprint density at radius 2 is 1.63 bits per heavy atom. The van der Waals surface area contributed by atoms with E-state index in [1.165, 1.54) is 45.1 Å². The Bertz CT molecular complexity index is 186. The first-order valence-electron chi connectivity index (χ1n) is 8.12. The molecule has 0 aliphatic rings. The molecule has 0 saturated carbocycles. The Kier molecular flexibility index (Phi) is 12.8. The lowest BCUT2D eigenvalue weighted by atomic mass is 10.0. The molecule has 0 aromatic heterocycles. The fourth-order valence-corrected chi connectivity index (χ4v) is 2.23. The fraction of sp³-hybridized carbons (Fsp3) is 1.00. The minimum absolute atomic E-state index is 0.0720. The molecule has 3 heteroatoms. The highest BCUT2D eigenvalue weighted by Gasteiger charge is 2.02. The van der Waals surface area contributed by atoms with E-state index in [0.717, 1.165) is 19.4 Å². The highest BCUT2D eigenvalue weighted by molar-refractivity contribution is 4.62. The number of nitrogens with one attached hydrogen (secondary N) is 1. The zero-order chi connectivity index (χ0) is 14.5. The van der Waals surface area contributed by atoms with Crippen molar-refractivity contribution in [1.29, 1.82) is 0 Å². The van der Waals surface area contributed by atoms with E-state index >= 15 is 0 Å². The summed E-state index contributed by atoms with van der Waals surface area (Å²) >= 11 is 0. The molecule has 0 bridgehead atoms. The first-order chi connectivity index (χ1) is 9.06. The van der Waals surface area contributed by atoms with Crippen molar-refractivity contribution in [2.75, 3.05) is 27.2 Å². The average molecular weight is 272 g/mol. The van der Waals surface area contributed by atoms with Gasteiger partial charge < -0.3 is 15.3 Å². The van der Waals surface area contributed by atoms with Gasteiger partial charge in [-0.2, -0.15) is 0 Å². The highest BCUT2D eigenvalue weighted by Crippen LogP contribution is 2.10. The fourth-order valence-electron chi connectivity index (χ4n) is 2.23. The second-order valence-corrected chi connectivity index (χ2v) is 6.07. The van der Waals surface area contributed by atoms with Gasteiger partial charge in [0.25, 0.3) is 0 Å². The topological polar surface area (TPSA) is 35.5 Å². The smallest absolute Gasteiger partial charge is 0.0537 e. The molecule has 0 heterocycles. The molecular formula is C16H36N2O. The van der Waals surface area contributed by atoms with Gasteiger partial charge in [-0.05, 0) is 59.8 Å². The molecule has 116 valence electrons. The van der Waals surface area contributed by atoms with Crippen molar-refractivity contribution in [2.24, 2.45) is 0 Å². The molecule has 0 aromatic rings. The minimum atomic E-state index is -0.0720. The summed E-state index contributed by atoms with van der Waals surface area (Å²) in [7, 11) is 4.25. The van der Waals surface area contributed by atoms with Crippen LogP contribution in [-0.4, -0.2) is 49.3 Å². The van der Waals surface area contributed by atoms with Crippen molar-refractivity contribution in [3.63, 3.8) is 0 Å². The normalized spacial score (nSPS) is 14.8. The van der Waals surface area contributed by atoms with E-state index in [0.29, 0.717) is 6.04 Å². The summed E-state index contributed by atoms with van der Waals surface area (Å²) in [6.45, 7) is 6.63. The Labute approximate surface area is 120 Å². The molecule has 2 N–H and O–H groups in total. The second kappa shape index (κ2) is 12.9. The first kappa shape index (κ1) is 18.9. The van der Waals surface area contributed by atoms with E-state index in [4.69, 9.17) is 0 Å². The summed E-state index contributed by atoms with van der Waals surface area (Å²) in [5.41, 5.74) is 0. The lowest BCUT2D eigenvalue weighted by Gasteiger charge is -2.15. The Morgan fingerprint density at radius 1 is 1.00 bits per heavy atom. The van der Waals surface area contributed by atoms with Gasteiger partial charge >= 0.3 is 0 Å². The number of hydrogen-bond acceptors (Lipinski definition) is 3. The zero-order valence-electron chi connectivity index (χ0n) is 13.6. The largest absolute Gasteiger partial charge is 0.393 e. The van der Waals surface area contributed by atoms with Crippen LogP contribution in [0, 0.1) is 0 Å². The standard InChI is InChI=1S/C16H36N2O/c1-5-16(19)12-9-7-6-8-11-15(2)17-13-10-14-18(3)4/h15-17,19H,5-14H2,1-4H3. The van der Waals surface area contributed by atoms with Crippen molar-refractivity contribution in [1.82, 2.24) is 10.2 Å². The highest BCUT2D eigenvalue weighted by atomic mass is 16.3. The molecule has 2 unspecified atom stereocenters. The zero-order valence-corrected chi connectivity index (χ0v) is 13.6. The third kappa shape index (κ3) is 14.1. The third-order valence-corrected chi connectivity index (χ3v) is 3.67. The van der Waals surface area contributed by atoms with Gasteiger partial charge in [0.1, 0.15) is 0 Å². The predicted molar refractivity (Wildman–Crippen MR) is 84.6 cm³/mol. The van der Waals surface area contributed by atoms with Crippen molar-refractivity contribution < 1.29 is 5.11 Å². The van der Waals surface area contributed by atoms with Crippen LogP contribution in [0.25, 0.3) is 0 Å². The van der Waals surface area contributed by atoms with E-state index < -0.39 is 0 Å². The van der Waals surface area contributed by atoms with E-state index in [9.17, 15) is 5.11 Å². The van der Waals surface area contributed by atoms with Crippen LogP contribution in [-0.2, 0) is 0 Å². The maximum absolute atomic E-state index is 9.45. The van der Waals surface area contributed by atoms with Gasteiger partial charge in [0, 0.05) is 6.04 Å². The number of aliphatic hydroxyl groups excluding tert-OH is 1. The Morgan fingerprint density at radius 3 is 2.21 bits per heavy atom. The molecule has 19 heavy (non-hydrogen) atoms. The quantitative estimate of drug-likeness (QED) is 0.506. The van der Waals surface area contributed by atoms with Gasteiger partial charge in [0.2, 0.25) is 0 Å². The summed E-state index contributed by atoms with van der Waals surface area (Å²) in [6, 6.07) is 0.642. The van der Waals surface area contributed by atoms with E-state index in [2.05, 4.69) is 31.2 Å². The molecule has 0 amide bonds. The van der Waals surface area contributed by atoms with Crippen LogP contribution in [0.2, 0.25) is 0 Å². The van der Waals surface area contributed by atoms with Crippen LogP contribution in [0.1, 0.15) is 65.2 Å². The van der Waals surface area contributed by atoms with Gasteiger partial charge in [-0.1, -0.05) is 32.6 Å². The number of aliphatic hydroxyl groups is 1. The maximum atomic E-state index is 9.45. The summed E-state index contributed by atoms with van der Waals surface area (Å²) in [6.07, 6.45) is 9.37. The molecule has 0 aromatic carbocycles. The molecule has 2 atom stereocenters. The van der Waals surface area contributed by atoms with Crippen LogP contribution in [0.3, 0.4) is 0 Å². The summed E-state index contributed by atoms with van der Waals surface area (Å²) < 4.78 is 0. The summed E-state index contributed by atoms with van der Waals surface area (Å²) in [5, 5.41) is 13.0. The van der Waals surface area contributed by atoms with Crippen LogP contribution < -0.4 is 5.32 Å². The first-order valence-corrected chi connectivity index (χ1v) is 8.12. The van der Waals surface area contributed by atoms with Gasteiger partial charge in [0.15, 0.2) is 0 Å². The van der Waals surface area contributed by atoms with Crippen molar-refractivity contribution in [3.8, 4) is 0 Å². The van der Waals surface area contributed by atoms with Gasteiger partial charge in [0.05, 0.1) is 6.10 Å². The van der Waals surface area contributed by atoms with Crippen LogP contribution in [0.15, 0.2) is 0 Å². The molecule has 0 spiro atoms. The van der Waals surface area contributed by atoms with E-state index in [1.54, 1.807) is 0 Å². The van der Waals surface area contributed by atoms with Gasteiger partial charge in [-0.25, -0.2) is 0 Å². The number of rotatable bonds is 13. The van der Waals surface area contributed by atoms with Crippen molar-refractivity contribution in [3.05, 3.63) is 0 Å². The monoisotopic (exact) mass is 272 g/mol. The maximum Gasteiger partial charge on any atom is 0.0537 e. The van der Waals surface area contributed by atoms with Gasteiger partial charge in [-0.3, -0.25) is 0 Å². The Hall–Kier alpha value is -0.120. The molecule has 0 radical (unpaired) electrons. The van der Waals surface area contributed by atoms with E-state index in [1.807, 2.05) is 6.92 Å². The third-order valence-electron chi connectivity index (χ3n) is 3.67. The van der Waals surface area contributed by atoms with Crippen molar-refractivity contribution >= 4 is 0 Å². The molecular weight excluding hydrogens is 236 g/mol. The van der Waals surface area contributed by atoms with Gasteiger partial charge in [-0.15, -0.1) is 0 Å². The molecule has 0 saturated heterocycles. The van der Waals surface area contributed by atoms with Crippen LogP contribution in [0.5, 0.6) is 0 Å². The SMILES string of the molecule is CCC(O)CCCCCCC(C)NCCCN(C)C.